The molecule has 1 aliphatic heterocycles. The molecular weight excluding hydrogens is 346 g/mol. The lowest BCUT2D eigenvalue weighted by Crippen LogP contribution is -2.38. The smallest absolute Gasteiger partial charge is 0.179 e. The zero-order valence-electron chi connectivity index (χ0n) is 16.0. The molecule has 5 heteroatoms. The monoisotopic (exact) mass is 373 g/mol. The van der Waals surface area contributed by atoms with E-state index >= 15 is 0 Å². The van der Waals surface area contributed by atoms with Gasteiger partial charge in [0.25, 0.3) is 0 Å². The van der Waals surface area contributed by atoms with Gasteiger partial charge >= 0.3 is 0 Å². The number of aliphatic hydroxyl groups is 1. The van der Waals surface area contributed by atoms with Gasteiger partial charge in [0.05, 0.1) is 16.8 Å². The van der Waals surface area contributed by atoms with E-state index in [4.69, 9.17) is 0 Å². The summed E-state index contributed by atoms with van der Waals surface area (Å²) in [6, 6.07) is 13.4. The number of benzene rings is 2. The number of anilines is 1. The standard InChI is InChI=1S/C21H27NO3S/c1-14-6-8-15(9-7-14)19-17-12-16(22(4)5)10-11-18(17)26(24,25)13-21(2,3)20(19)23/h6-12,19-20,23H,13H2,1-5H3. The molecule has 0 amide bonds. The lowest BCUT2D eigenvalue weighted by molar-refractivity contribution is 0.0521. The normalized spacial score (nSPS) is 23.8. The van der Waals surface area contributed by atoms with Gasteiger partial charge in [0.15, 0.2) is 9.84 Å². The van der Waals surface area contributed by atoms with E-state index in [1.165, 1.54) is 0 Å². The van der Waals surface area contributed by atoms with E-state index in [0.29, 0.717) is 10.5 Å². The lowest BCUT2D eigenvalue weighted by atomic mass is 9.75. The molecule has 4 nitrogen and oxygen atoms in total. The van der Waals surface area contributed by atoms with Crippen LogP contribution in [-0.4, -0.2) is 39.5 Å². The number of aliphatic hydroxyl groups excluding tert-OH is 1. The maximum atomic E-state index is 13.0. The molecule has 0 fully saturated rings. The Balaban J connectivity index is 2.32. The van der Waals surface area contributed by atoms with Crippen molar-refractivity contribution >= 4 is 15.5 Å². The van der Waals surface area contributed by atoms with Crippen molar-refractivity contribution < 1.29 is 13.5 Å². The zero-order chi connectivity index (χ0) is 19.3. The first-order valence-electron chi connectivity index (χ1n) is 8.81. The maximum absolute atomic E-state index is 13.0. The van der Waals surface area contributed by atoms with Gasteiger partial charge in [-0.3, -0.25) is 0 Å². The molecule has 1 N–H and O–H groups in total. The lowest BCUT2D eigenvalue weighted by Gasteiger charge is -2.33. The quantitative estimate of drug-likeness (QED) is 0.877. The van der Waals surface area contributed by atoms with Gasteiger partial charge in [-0.1, -0.05) is 43.7 Å². The van der Waals surface area contributed by atoms with Crippen molar-refractivity contribution in [3.05, 3.63) is 59.2 Å². The fourth-order valence-corrected chi connectivity index (χ4v) is 5.88. The summed E-state index contributed by atoms with van der Waals surface area (Å²) < 4.78 is 26.1. The summed E-state index contributed by atoms with van der Waals surface area (Å²) in [7, 11) is 0.360. The van der Waals surface area contributed by atoms with Crippen molar-refractivity contribution in [2.75, 3.05) is 24.7 Å². The highest BCUT2D eigenvalue weighted by Gasteiger charge is 2.45. The number of rotatable bonds is 2. The van der Waals surface area contributed by atoms with Gasteiger partial charge < -0.3 is 10.0 Å². The molecule has 1 aliphatic rings. The number of sulfone groups is 1. The number of hydrogen-bond acceptors (Lipinski definition) is 4. The number of fused-ring (bicyclic) bond motifs is 1. The molecule has 140 valence electrons. The topological polar surface area (TPSA) is 57.6 Å². The van der Waals surface area contributed by atoms with Crippen LogP contribution in [0.15, 0.2) is 47.4 Å². The minimum atomic E-state index is -3.49. The highest BCUT2D eigenvalue weighted by molar-refractivity contribution is 7.91. The largest absolute Gasteiger partial charge is 0.392 e. The summed E-state index contributed by atoms with van der Waals surface area (Å²) in [5.41, 5.74) is 2.91. The Kier molecular flexibility index (Phi) is 4.65. The van der Waals surface area contributed by atoms with E-state index in [0.717, 1.165) is 16.8 Å². The Morgan fingerprint density at radius 1 is 1.08 bits per heavy atom. The minimum Gasteiger partial charge on any atom is -0.392 e. The zero-order valence-corrected chi connectivity index (χ0v) is 16.8. The van der Waals surface area contributed by atoms with E-state index in [2.05, 4.69) is 0 Å². The number of aryl methyl sites for hydroxylation is 1. The first-order valence-corrected chi connectivity index (χ1v) is 10.5. The van der Waals surface area contributed by atoms with Gasteiger partial charge in [-0.15, -0.1) is 0 Å². The summed E-state index contributed by atoms with van der Waals surface area (Å²) in [5, 5.41) is 11.2. The van der Waals surface area contributed by atoms with Gasteiger partial charge in [-0.25, -0.2) is 8.42 Å². The molecule has 0 saturated carbocycles. The van der Waals surface area contributed by atoms with Gasteiger partial charge in [0, 0.05) is 31.1 Å². The molecule has 1 heterocycles. The van der Waals surface area contributed by atoms with Crippen LogP contribution in [0.3, 0.4) is 0 Å². The summed E-state index contributed by atoms with van der Waals surface area (Å²) >= 11 is 0. The van der Waals surface area contributed by atoms with Crippen LogP contribution in [0.2, 0.25) is 0 Å². The van der Waals surface area contributed by atoms with Crippen LogP contribution in [0.5, 0.6) is 0 Å². The molecule has 2 aromatic carbocycles. The third-order valence-corrected chi connectivity index (χ3v) is 7.46. The Hall–Kier alpha value is -1.85. The van der Waals surface area contributed by atoms with E-state index in [-0.39, 0.29) is 5.75 Å². The van der Waals surface area contributed by atoms with Crippen LogP contribution in [0.1, 0.15) is 36.5 Å². The summed E-state index contributed by atoms with van der Waals surface area (Å²) in [4.78, 5) is 2.28. The van der Waals surface area contributed by atoms with Crippen LogP contribution in [0.4, 0.5) is 5.69 Å². The summed E-state index contributed by atoms with van der Waals surface area (Å²) in [6.45, 7) is 5.67. The van der Waals surface area contributed by atoms with Crippen LogP contribution in [-0.2, 0) is 9.84 Å². The van der Waals surface area contributed by atoms with Gasteiger partial charge in [0.1, 0.15) is 0 Å². The van der Waals surface area contributed by atoms with Gasteiger partial charge in [-0.05, 0) is 36.2 Å². The van der Waals surface area contributed by atoms with Crippen molar-refractivity contribution in [2.24, 2.45) is 5.41 Å². The average molecular weight is 374 g/mol. The number of hydrogen-bond donors (Lipinski definition) is 1. The maximum Gasteiger partial charge on any atom is 0.179 e. The van der Waals surface area contributed by atoms with Crippen molar-refractivity contribution in [2.45, 2.75) is 37.7 Å². The van der Waals surface area contributed by atoms with Gasteiger partial charge in [0.2, 0.25) is 0 Å². The predicted molar refractivity (Wildman–Crippen MR) is 106 cm³/mol. The second kappa shape index (κ2) is 6.39. The summed E-state index contributed by atoms with van der Waals surface area (Å²) in [5.74, 6) is -0.463. The molecule has 2 atom stereocenters. The molecule has 0 aromatic heterocycles. The molecule has 0 saturated heterocycles. The molecule has 0 radical (unpaired) electrons. The Morgan fingerprint density at radius 2 is 1.69 bits per heavy atom. The van der Waals surface area contributed by atoms with Crippen LogP contribution in [0.25, 0.3) is 0 Å². The molecular formula is C21H27NO3S. The summed E-state index contributed by atoms with van der Waals surface area (Å²) in [6.07, 6.45) is -0.807. The van der Waals surface area contributed by atoms with E-state index in [1.54, 1.807) is 6.07 Å². The molecule has 0 bridgehead atoms. The Morgan fingerprint density at radius 3 is 2.27 bits per heavy atom. The van der Waals surface area contributed by atoms with Crippen LogP contribution < -0.4 is 4.90 Å². The first-order chi connectivity index (χ1) is 12.0. The van der Waals surface area contributed by atoms with Crippen molar-refractivity contribution in [3.63, 3.8) is 0 Å². The third kappa shape index (κ3) is 3.26. The fourth-order valence-electron chi connectivity index (χ4n) is 3.75. The molecule has 2 unspecified atom stereocenters. The van der Waals surface area contributed by atoms with Crippen LogP contribution >= 0.6 is 0 Å². The van der Waals surface area contributed by atoms with Crippen molar-refractivity contribution in [3.8, 4) is 0 Å². The molecule has 26 heavy (non-hydrogen) atoms. The highest BCUT2D eigenvalue weighted by atomic mass is 32.2. The fraction of sp³-hybridized carbons (Fsp3) is 0.429. The SMILES string of the molecule is Cc1ccc(C2c3cc(N(C)C)ccc3S(=O)(=O)CC(C)(C)C2O)cc1. The second-order valence-corrected chi connectivity index (χ2v) is 10.2. The predicted octanol–water partition coefficient (Wildman–Crippen LogP) is 3.37. The van der Waals surface area contributed by atoms with E-state index < -0.39 is 27.3 Å². The molecule has 2 aromatic rings. The van der Waals surface area contributed by atoms with Crippen LogP contribution in [0, 0.1) is 12.3 Å². The van der Waals surface area contributed by atoms with E-state index in [9.17, 15) is 13.5 Å². The minimum absolute atomic E-state index is 0.0716. The third-order valence-electron chi connectivity index (χ3n) is 5.29. The number of nitrogens with zero attached hydrogens (tertiary/aromatic N) is 1. The highest BCUT2D eigenvalue weighted by Crippen LogP contribution is 2.45. The van der Waals surface area contributed by atoms with E-state index in [1.807, 2.05) is 76.2 Å². The first kappa shape index (κ1) is 18.9. The molecule has 0 aliphatic carbocycles. The molecule has 3 rings (SSSR count). The second-order valence-electron chi connectivity index (χ2n) is 8.20. The Bertz CT molecular complexity index is 915. The van der Waals surface area contributed by atoms with Gasteiger partial charge in [-0.2, -0.15) is 0 Å². The Labute approximate surface area is 156 Å². The van der Waals surface area contributed by atoms with Crippen molar-refractivity contribution in [1.29, 1.82) is 0 Å². The van der Waals surface area contributed by atoms with Crippen molar-refractivity contribution in [1.82, 2.24) is 0 Å². The average Bonchev–Trinajstić information content (AvgIpc) is 2.60. The molecule has 0 spiro atoms.